The molecule has 1 aromatic heterocycles. The van der Waals surface area contributed by atoms with Crippen molar-refractivity contribution < 1.29 is 19.0 Å². The van der Waals surface area contributed by atoms with E-state index in [0.29, 0.717) is 29.4 Å². The minimum atomic E-state index is -0.0546. The van der Waals surface area contributed by atoms with Crippen molar-refractivity contribution in [3.63, 3.8) is 0 Å². The largest absolute Gasteiger partial charge is 0.493 e. The van der Waals surface area contributed by atoms with Gasteiger partial charge in [0.25, 0.3) is 5.91 Å². The summed E-state index contributed by atoms with van der Waals surface area (Å²) in [6, 6.07) is 11.5. The summed E-state index contributed by atoms with van der Waals surface area (Å²) in [6.07, 6.45) is 1.87. The van der Waals surface area contributed by atoms with Gasteiger partial charge in [0.15, 0.2) is 11.5 Å². The molecule has 0 radical (unpaired) electrons. The van der Waals surface area contributed by atoms with E-state index in [2.05, 4.69) is 6.07 Å². The molecule has 0 spiro atoms. The molecule has 146 valence electrons. The van der Waals surface area contributed by atoms with Crippen LogP contribution in [0.5, 0.6) is 17.2 Å². The Kier molecular flexibility index (Phi) is 5.09. The Labute approximate surface area is 167 Å². The number of hydrogen-bond acceptors (Lipinski definition) is 6. The van der Waals surface area contributed by atoms with E-state index in [4.69, 9.17) is 19.2 Å². The topological polar surface area (TPSA) is 60.9 Å². The maximum atomic E-state index is 13.3. The lowest BCUT2D eigenvalue weighted by atomic mass is 10.1. The van der Waals surface area contributed by atoms with Gasteiger partial charge in [-0.15, -0.1) is 11.3 Å². The van der Waals surface area contributed by atoms with Gasteiger partial charge in [-0.1, -0.05) is 12.1 Å². The number of thiazole rings is 1. The fourth-order valence-electron chi connectivity index (χ4n) is 3.67. The van der Waals surface area contributed by atoms with Crippen molar-refractivity contribution in [1.29, 1.82) is 0 Å². The quantitative estimate of drug-likeness (QED) is 0.641. The molecule has 1 saturated heterocycles. The van der Waals surface area contributed by atoms with Crippen molar-refractivity contribution in [2.75, 3.05) is 27.9 Å². The average Bonchev–Trinajstić information content (AvgIpc) is 3.38. The summed E-state index contributed by atoms with van der Waals surface area (Å²) in [5.41, 5.74) is 1.50. The monoisotopic (exact) mass is 398 g/mol. The number of amides is 1. The second-order valence-corrected chi connectivity index (χ2v) is 7.65. The standard InChI is InChI=1S/C21H22N2O4S/c1-25-16-11-13(12-17(26-2)19(16)27-3)21(24)23-10-6-8-15(23)20-22-14-7-4-5-9-18(14)28-20/h4-5,7,9,11-12,15H,6,8,10H2,1-3H3. The Hall–Kier alpha value is -2.80. The maximum Gasteiger partial charge on any atom is 0.254 e. The molecule has 0 N–H and O–H groups in total. The molecule has 3 aromatic rings. The van der Waals surface area contributed by atoms with E-state index in [1.165, 1.54) is 0 Å². The van der Waals surface area contributed by atoms with Crippen molar-refractivity contribution in [2.24, 2.45) is 0 Å². The zero-order valence-electron chi connectivity index (χ0n) is 16.1. The molecule has 1 amide bonds. The van der Waals surface area contributed by atoms with Crippen LogP contribution in [0.15, 0.2) is 36.4 Å². The SMILES string of the molecule is COc1cc(C(=O)N2CCCC2c2nc3ccccc3s2)cc(OC)c1OC. The molecule has 28 heavy (non-hydrogen) atoms. The average molecular weight is 398 g/mol. The predicted octanol–water partition coefficient (Wildman–Crippen LogP) is 4.30. The summed E-state index contributed by atoms with van der Waals surface area (Å²) in [4.78, 5) is 20.0. The minimum absolute atomic E-state index is 0.0102. The first-order chi connectivity index (χ1) is 13.7. The van der Waals surface area contributed by atoms with Crippen LogP contribution in [-0.4, -0.2) is 43.7 Å². The van der Waals surface area contributed by atoms with Gasteiger partial charge in [-0.05, 0) is 37.1 Å². The molecule has 6 nitrogen and oxygen atoms in total. The van der Waals surface area contributed by atoms with Crippen molar-refractivity contribution in [1.82, 2.24) is 9.88 Å². The highest BCUT2D eigenvalue weighted by molar-refractivity contribution is 7.18. The Morgan fingerprint density at radius 3 is 2.46 bits per heavy atom. The van der Waals surface area contributed by atoms with Gasteiger partial charge in [0.1, 0.15) is 5.01 Å². The number of hydrogen-bond donors (Lipinski definition) is 0. The first-order valence-corrected chi connectivity index (χ1v) is 9.94. The summed E-state index contributed by atoms with van der Waals surface area (Å²) in [7, 11) is 4.64. The number of benzene rings is 2. The number of fused-ring (bicyclic) bond motifs is 1. The molecule has 1 atom stereocenters. The molecular formula is C21H22N2O4S. The van der Waals surface area contributed by atoms with Gasteiger partial charge in [0, 0.05) is 12.1 Å². The smallest absolute Gasteiger partial charge is 0.254 e. The van der Waals surface area contributed by atoms with Crippen molar-refractivity contribution in [2.45, 2.75) is 18.9 Å². The van der Waals surface area contributed by atoms with E-state index >= 15 is 0 Å². The number of carbonyl (C=O) groups excluding carboxylic acids is 1. The normalized spacial score (nSPS) is 16.4. The van der Waals surface area contributed by atoms with Crippen LogP contribution >= 0.6 is 11.3 Å². The second-order valence-electron chi connectivity index (χ2n) is 6.59. The number of methoxy groups -OCH3 is 3. The summed E-state index contributed by atoms with van der Waals surface area (Å²) < 4.78 is 17.3. The Morgan fingerprint density at radius 2 is 1.82 bits per heavy atom. The van der Waals surface area contributed by atoms with E-state index in [-0.39, 0.29) is 11.9 Å². The van der Waals surface area contributed by atoms with Crippen molar-refractivity contribution in [3.8, 4) is 17.2 Å². The van der Waals surface area contributed by atoms with Crippen molar-refractivity contribution >= 4 is 27.5 Å². The highest BCUT2D eigenvalue weighted by Crippen LogP contribution is 2.41. The lowest BCUT2D eigenvalue weighted by Crippen LogP contribution is -2.30. The molecular weight excluding hydrogens is 376 g/mol. The molecule has 0 saturated carbocycles. The Morgan fingerprint density at radius 1 is 1.11 bits per heavy atom. The van der Waals surface area contributed by atoms with E-state index in [0.717, 1.165) is 28.1 Å². The first kappa shape index (κ1) is 18.6. The number of para-hydroxylation sites is 1. The first-order valence-electron chi connectivity index (χ1n) is 9.12. The van der Waals surface area contributed by atoms with E-state index in [9.17, 15) is 4.79 Å². The third-order valence-corrected chi connectivity index (χ3v) is 6.16. The number of nitrogens with zero attached hydrogens (tertiary/aromatic N) is 2. The van der Waals surface area contributed by atoms with Gasteiger partial charge >= 0.3 is 0 Å². The van der Waals surface area contributed by atoms with Crippen LogP contribution in [0.1, 0.15) is 34.2 Å². The lowest BCUT2D eigenvalue weighted by Gasteiger charge is -2.24. The van der Waals surface area contributed by atoms with Crippen LogP contribution in [0.3, 0.4) is 0 Å². The van der Waals surface area contributed by atoms with Crippen LogP contribution in [0.2, 0.25) is 0 Å². The third-order valence-electron chi connectivity index (χ3n) is 5.02. The summed E-state index contributed by atoms with van der Waals surface area (Å²) in [5, 5.41) is 0.986. The molecule has 0 bridgehead atoms. The molecule has 1 unspecified atom stereocenters. The lowest BCUT2D eigenvalue weighted by molar-refractivity contribution is 0.0734. The molecule has 7 heteroatoms. The van der Waals surface area contributed by atoms with Crippen LogP contribution < -0.4 is 14.2 Å². The van der Waals surface area contributed by atoms with E-state index in [1.54, 1.807) is 44.8 Å². The Bertz CT molecular complexity index is 959. The molecule has 4 rings (SSSR count). The van der Waals surface area contributed by atoms with Crippen LogP contribution in [-0.2, 0) is 0 Å². The van der Waals surface area contributed by atoms with Gasteiger partial charge in [-0.3, -0.25) is 4.79 Å². The van der Waals surface area contributed by atoms with Gasteiger partial charge in [-0.2, -0.15) is 0 Å². The van der Waals surface area contributed by atoms with E-state index < -0.39 is 0 Å². The summed E-state index contributed by atoms with van der Waals surface area (Å²) in [5.74, 6) is 1.37. The maximum absolute atomic E-state index is 13.3. The molecule has 2 heterocycles. The second kappa shape index (κ2) is 7.67. The Balaban J connectivity index is 1.68. The van der Waals surface area contributed by atoms with E-state index in [1.807, 2.05) is 23.1 Å². The van der Waals surface area contributed by atoms with Crippen LogP contribution in [0.4, 0.5) is 0 Å². The molecule has 1 aliphatic heterocycles. The zero-order valence-corrected chi connectivity index (χ0v) is 16.9. The zero-order chi connectivity index (χ0) is 19.7. The highest BCUT2D eigenvalue weighted by Gasteiger charge is 2.33. The molecule has 1 fully saturated rings. The number of rotatable bonds is 5. The van der Waals surface area contributed by atoms with Gasteiger partial charge in [0.05, 0.1) is 37.6 Å². The number of aromatic nitrogens is 1. The number of ether oxygens (including phenoxy) is 3. The predicted molar refractivity (Wildman–Crippen MR) is 109 cm³/mol. The fraction of sp³-hybridized carbons (Fsp3) is 0.333. The number of carbonyl (C=O) groups is 1. The van der Waals surface area contributed by atoms with Crippen LogP contribution in [0.25, 0.3) is 10.2 Å². The molecule has 1 aliphatic rings. The highest BCUT2D eigenvalue weighted by atomic mass is 32.1. The van der Waals surface area contributed by atoms with Crippen molar-refractivity contribution in [3.05, 3.63) is 47.0 Å². The minimum Gasteiger partial charge on any atom is -0.493 e. The molecule has 0 aliphatic carbocycles. The number of likely N-dealkylation sites (tertiary alicyclic amines) is 1. The van der Waals surface area contributed by atoms with Crippen LogP contribution in [0, 0.1) is 0 Å². The van der Waals surface area contributed by atoms with Gasteiger partial charge in [0.2, 0.25) is 5.75 Å². The van der Waals surface area contributed by atoms with Gasteiger partial charge < -0.3 is 19.1 Å². The van der Waals surface area contributed by atoms with Gasteiger partial charge in [-0.25, -0.2) is 4.98 Å². The third kappa shape index (κ3) is 3.16. The fourth-order valence-corrected chi connectivity index (χ4v) is 4.78. The molecule has 2 aromatic carbocycles. The summed E-state index contributed by atoms with van der Waals surface area (Å²) in [6.45, 7) is 0.704. The summed E-state index contributed by atoms with van der Waals surface area (Å²) >= 11 is 1.66.